The van der Waals surface area contributed by atoms with Gasteiger partial charge in [-0.2, -0.15) is 0 Å². The molecular formula is C17H27N3. The minimum absolute atomic E-state index is 0.334. The van der Waals surface area contributed by atoms with E-state index in [9.17, 15) is 0 Å². The quantitative estimate of drug-likeness (QED) is 0.914. The number of aromatic nitrogens is 2. The molecule has 20 heavy (non-hydrogen) atoms. The fraction of sp³-hybridized carbons (Fsp3) is 0.824. The van der Waals surface area contributed by atoms with E-state index in [1.807, 2.05) is 6.33 Å². The number of imidazole rings is 1. The molecule has 110 valence electrons. The van der Waals surface area contributed by atoms with Crippen LogP contribution in [-0.4, -0.2) is 9.55 Å². The Kier molecular flexibility index (Phi) is 2.71. The molecule has 0 saturated heterocycles. The normalized spacial score (nSPS) is 38.9. The van der Waals surface area contributed by atoms with Crippen LogP contribution in [0.25, 0.3) is 0 Å². The van der Waals surface area contributed by atoms with E-state index in [0.717, 1.165) is 30.1 Å². The molecule has 0 atom stereocenters. The summed E-state index contributed by atoms with van der Waals surface area (Å²) in [5.41, 5.74) is 8.06. The Bertz CT molecular complexity index is 479. The van der Waals surface area contributed by atoms with Crippen LogP contribution in [0.15, 0.2) is 6.33 Å². The van der Waals surface area contributed by atoms with E-state index in [2.05, 4.69) is 18.4 Å². The Morgan fingerprint density at radius 3 is 2.25 bits per heavy atom. The predicted molar refractivity (Wildman–Crippen MR) is 81.3 cm³/mol. The molecule has 4 saturated carbocycles. The van der Waals surface area contributed by atoms with E-state index in [1.54, 1.807) is 0 Å². The van der Waals surface area contributed by atoms with E-state index in [-0.39, 0.29) is 0 Å². The number of hydrogen-bond donors (Lipinski definition) is 1. The van der Waals surface area contributed by atoms with Gasteiger partial charge in [-0.3, -0.25) is 0 Å². The zero-order chi connectivity index (χ0) is 13.9. The first-order valence-corrected chi connectivity index (χ1v) is 8.37. The third-order valence-electron chi connectivity index (χ3n) is 5.98. The van der Waals surface area contributed by atoms with Crippen molar-refractivity contribution in [2.75, 3.05) is 5.73 Å². The summed E-state index contributed by atoms with van der Waals surface area (Å²) >= 11 is 0. The van der Waals surface area contributed by atoms with Gasteiger partial charge in [0.2, 0.25) is 0 Å². The molecule has 0 amide bonds. The number of nitrogen functional groups attached to an aromatic ring is 1. The maximum absolute atomic E-state index is 6.47. The molecule has 0 spiro atoms. The second-order valence-corrected chi connectivity index (χ2v) is 8.22. The van der Waals surface area contributed by atoms with Crippen LogP contribution in [0.5, 0.6) is 0 Å². The van der Waals surface area contributed by atoms with Crippen LogP contribution in [0, 0.1) is 23.7 Å². The second-order valence-electron chi connectivity index (χ2n) is 8.22. The van der Waals surface area contributed by atoms with Gasteiger partial charge in [-0.15, -0.1) is 0 Å². The first-order valence-electron chi connectivity index (χ1n) is 8.37. The number of nitrogens with two attached hydrogens (primary N) is 1. The van der Waals surface area contributed by atoms with Crippen LogP contribution in [0.4, 0.5) is 5.82 Å². The average molecular weight is 273 g/mol. The molecule has 2 N–H and O–H groups in total. The summed E-state index contributed by atoms with van der Waals surface area (Å²) in [4.78, 5) is 4.80. The maximum Gasteiger partial charge on any atom is 0.127 e. The molecule has 4 bridgehead atoms. The van der Waals surface area contributed by atoms with Gasteiger partial charge < -0.3 is 10.3 Å². The van der Waals surface area contributed by atoms with Crippen molar-refractivity contribution >= 4 is 5.82 Å². The summed E-state index contributed by atoms with van der Waals surface area (Å²) in [5, 5.41) is 0. The van der Waals surface area contributed by atoms with Crippen LogP contribution in [0.2, 0.25) is 0 Å². The summed E-state index contributed by atoms with van der Waals surface area (Å²) < 4.78 is 2.18. The van der Waals surface area contributed by atoms with E-state index in [1.165, 1.54) is 44.2 Å². The molecule has 1 aromatic heterocycles. The van der Waals surface area contributed by atoms with E-state index in [0.29, 0.717) is 11.3 Å². The number of hydrogen-bond acceptors (Lipinski definition) is 2. The van der Waals surface area contributed by atoms with Crippen molar-refractivity contribution in [3.63, 3.8) is 0 Å². The monoisotopic (exact) mass is 273 g/mol. The highest BCUT2D eigenvalue weighted by molar-refractivity contribution is 5.43. The van der Waals surface area contributed by atoms with Crippen LogP contribution in [0.1, 0.15) is 58.1 Å². The molecule has 3 heteroatoms. The molecule has 1 aromatic rings. The molecule has 0 unspecified atom stereocenters. The molecule has 5 rings (SSSR count). The molecule has 4 aliphatic rings. The number of anilines is 1. The third kappa shape index (κ3) is 1.82. The summed E-state index contributed by atoms with van der Waals surface area (Å²) in [6.07, 6.45) is 10.5. The maximum atomic E-state index is 6.47. The Morgan fingerprint density at radius 1 is 1.20 bits per heavy atom. The van der Waals surface area contributed by atoms with Gasteiger partial charge in [0.25, 0.3) is 0 Å². The van der Waals surface area contributed by atoms with Gasteiger partial charge in [-0.1, -0.05) is 13.8 Å². The molecule has 0 radical (unpaired) electrons. The van der Waals surface area contributed by atoms with Crippen LogP contribution in [0.3, 0.4) is 0 Å². The van der Waals surface area contributed by atoms with Crippen molar-refractivity contribution in [3.8, 4) is 0 Å². The lowest BCUT2D eigenvalue weighted by molar-refractivity contribution is -0.00667. The van der Waals surface area contributed by atoms with Crippen molar-refractivity contribution in [1.29, 1.82) is 0 Å². The van der Waals surface area contributed by atoms with Crippen molar-refractivity contribution in [3.05, 3.63) is 12.0 Å². The van der Waals surface area contributed by atoms with Crippen LogP contribution in [-0.2, 0) is 12.0 Å². The van der Waals surface area contributed by atoms with Gasteiger partial charge >= 0.3 is 0 Å². The minimum Gasteiger partial charge on any atom is -0.384 e. The van der Waals surface area contributed by atoms with E-state index in [4.69, 9.17) is 10.7 Å². The van der Waals surface area contributed by atoms with E-state index < -0.39 is 0 Å². The lowest BCUT2D eigenvalue weighted by Gasteiger charge is -2.56. The fourth-order valence-corrected chi connectivity index (χ4v) is 5.74. The SMILES string of the molecule is CC(C)Cn1cnc(C23CC4CC(CC(C4)C2)C3)c1N. The van der Waals surface area contributed by atoms with Crippen LogP contribution < -0.4 is 5.73 Å². The molecule has 4 aliphatic carbocycles. The van der Waals surface area contributed by atoms with Gasteiger partial charge in [0, 0.05) is 12.0 Å². The molecular weight excluding hydrogens is 246 g/mol. The van der Waals surface area contributed by atoms with Crippen molar-refractivity contribution in [2.24, 2.45) is 23.7 Å². The smallest absolute Gasteiger partial charge is 0.127 e. The van der Waals surface area contributed by atoms with Crippen molar-refractivity contribution in [2.45, 2.75) is 64.3 Å². The Labute approximate surface area is 122 Å². The van der Waals surface area contributed by atoms with Gasteiger partial charge in [0.15, 0.2) is 0 Å². The molecule has 3 nitrogen and oxygen atoms in total. The van der Waals surface area contributed by atoms with Gasteiger partial charge in [0.1, 0.15) is 5.82 Å². The number of rotatable bonds is 3. The predicted octanol–water partition coefficient (Wildman–Crippen LogP) is 3.59. The van der Waals surface area contributed by atoms with Gasteiger partial charge in [0.05, 0.1) is 12.0 Å². The first kappa shape index (κ1) is 12.7. The lowest BCUT2D eigenvalue weighted by atomic mass is 9.49. The van der Waals surface area contributed by atoms with Gasteiger partial charge in [-0.25, -0.2) is 4.98 Å². The molecule has 0 aliphatic heterocycles. The Hall–Kier alpha value is -0.990. The average Bonchev–Trinajstić information content (AvgIpc) is 2.69. The summed E-state index contributed by atoms with van der Waals surface area (Å²) in [7, 11) is 0. The number of nitrogens with zero attached hydrogens (tertiary/aromatic N) is 2. The summed E-state index contributed by atoms with van der Waals surface area (Å²) in [5.74, 6) is 4.44. The van der Waals surface area contributed by atoms with Gasteiger partial charge in [-0.05, 0) is 62.2 Å². The highest BCUT2D eigenvalue weighted by Crippen LogP contribution is 2.61. The zero-order valence-electron chi connectivity index (χ0n) is 12.8. The largest absolute Gasteiger partial charge is 0.384 e. The highest BCUT2D eigenvalue weighted by Gasteiger charge is 2.53. The topological polar surface area (TPSA) is 43.8 Å². The zero-order valence-corrected chi connectivity index (χ0v) is 12.8. The first-order chi connectivity index (χ1) is 9.56. The highest BCUT2D eigenvalue weighted by atomic mass is 15.1. The summed E-state index contributed by atoms with van der Waals surface area (Å²) in [6.45, 7) is 5.47. The minimum atomic E-state index is 0.334. The molecule has 0 aromatic carbocycles. The standard InChI is InChI=1S/C17H27N3/c1-11(2)9-20-10-19-15(16(20)18)17-6-12-3-13(7-17)5-14(4-12)8-17/h10-14H,3-9,18H2,1-2H3. The third-order valence-corrected chi connectivity index (χ3v) is 5.98. The fourth-order valence-electron chi connectivity index (χ4n) is 5.74. The second kappa shape index (κ2) is 4.25. The lowest BCUT2D eigenvalue weighted by Crippen LogP contribution is -2.49. The molecule has 1 heterocycles. The van der Waals surface area contributed by atoms with Crippen molar-refractivity contribution < 1.29 is 0 Å². The molecule has 4 fully saturated rings. The Balaban J connectivity index is 1.69. The summed E-state index contributed by atoms with van der Waals surface area (Å²) in [6, 6.07) is 0. The Morgan fingerprint density at radius 2 is 1.75 bits per heavy atom. The van der Waals surface area contributed by atoms with E-state index >= 15 is 0 Å². The van der Waals surface area contributed by atoms with Crippen molar-refractivity contribution in [1.82, 2.24) is 9.55 Å². The van der Waals surface area contributed by atoms with Crippen LogP contribution >= 0.6 is 0 Å².